The van der Waals surface area contributed by atoms with Crippen LogP contribution in [-0.2, 0) is 28.9 Å². The van der Waals surface area contributed by atoms with Crippen LogP contribution in [0, 0.1) is 0 Å². The molecule has 0 amide bonds. The summed E-state index contributed by atoms with van der Waals surface area (Å²) >= 11 is 6.29. The Morgan fingerprint density at radius 2 is 2.06 bits per heavy atom. The van der Waals surface area contributed by atoms with Crippen LogP contribution in [0.25, 0.3) is 16.6 Å². The van der Waals surface area contributed by atoms with Crippen LogP contribution >= 0.6 is 11.6 Å². The van der Waals surface area contributed by atoms with Crippen molar-refractivity contribution in [2.75, 3.05) is 26.3 Å². The van der Waals surface area contributed by atoms with Crippen molar-refractivity contribution in [1.29, 1.82) is 0 Å². The minimum atomic E-state index is -0.786. The van der Waals surface area contributed by atoms with Crippen molar-refractivity contribution in [3.63, 3.8) is 0 Å². The van der Waals surface area contributed by atoms with Gasteiger partial charge in [0.25, 0.3) is 0 Å². The van der Waals surface area contributed by atoms with Crippen molar-refractivity contribution in [1.82, 2.24) is 19.5 Å². The average Bonchev–Trinajstić information content (AvgIpc) is 3.16. The zero-order chi connectivity index (χ0) is 21.8. The number of carboxylic acids is 1. The lowest BCUT2D eigenvalue weighted by Crippen LogP contribution is -2.36. The van der Waals surface area contributed by atoms with E-state index in [4.69, 9.17) is 21.4 Å². The highest BCUT2D eigenvalue weighted by Crippen LogP contribution is 2.34. The van der Waals surface area contributed by atoms with E-state index in [0.29, 0.717) is 37.6 Å². The molecule has 1 fully saturated rings. The van der Waals surface area contributed by atoms with Gasteiger partial charge in [-0.2, -0.15) is 5.10 Å². The number of nitrogens with zero attached hydrogens (tertiary/aromatic N) is 4. The average molecular weight is 443 g/mol. The molecule has 1 N–H and O–H groups in total. The van der Waals surface area contributed by atoms with E-state index in [2.05, 4.69) is 28.9 Å². The molecule has 8 heteroatoms. The fraction of sp³-hybridized carbons (Fsp3) is 0.435. The predicted octanol–water partition coefficient (Wildman–Crippen LogP) is 3.85. The lowest BCUT2D eigenvalue weighted by Gasteiger charge is -2.27. The number of pyridine rings is 1. The fourth-order valence-electron chi connectivity index (χ4n) is 4.18. The zero-order valence-electron chi connectivity index (χ0n) is 17.7. The van der Waals surface area contributed by atoms with Gasteiger partial charge in [-0.15, -0.1) is 0 Å². The highest BCUT2D eigenvalue weighted by Gasteiger charge is 2.21. The Bertz CT molecular complexity index is 1080. The van der Waals surface area contributed by atoms with Gasteiger partial charge in [-0.05, 0) is 43.0 Å². The number of ether oxygens (including phenoxy) is 1. The van der Waals surface area contributed by atoms with Crippen molar-refractivity contribution < 1.29 is 14.6 Å². The molecule has 3 aromatic rings. The van der Waals surface area contributed by atoms with E-state index >= 15 is 0 Å². The first kappa shape index (κ1) is 21.7. The van der Waals surface area contributed by atoms with Gasteiger partial charge >= 0.3 is 5.97 Å². The van der Waals surface area contributed by atoms with Crippen LogP contribution in [0.15, 0.2) is 30.6 Å². The molecule has 4 rings (SSSR count). The number of hydrogen-bond donors (Lipinski definition) is 1. The maximum absolute atomic E-state index is 11.2. The molecule has 0 unspecified atom stereocenters. The molecule has 0 aromatic carbocycles. The van der Waals surface area contributed by atoms with Gasteiger partial charge in [0.1, 0.15) is 0 Å². The lowest BCUT2D eigenvalue weighted by atomic mass is 9.95. The molecule has 0 saturated carbocycles. The molecule has 0 spiro atoms. The minimum absolute atomic E-state index is 0.122. The van der Waals surface area contributed by atoms with Gasteiger partial charge in [0, 0.05) is 55.3 Å². The van der Waals surface area contributed by atoms with Gasteiger partial charge in [0.2, 0.25) is 0 Å². The molecule has 3 aromatic heterocycles. The molecular formula is C23H27ClN4O3. The molecule has 7 nitrogen and oxygen atoms in total. The fourth-order valence-corrected chi connectivity index (χ4v) is 4.35. The maximum atomic E-state index is 11.2. The third-order valence-electron chi connectivity index (χ3n) is 5.71. The van der Waals surface area contributed by atoms with Crippen molar-refractivity contribution in [2.24, 2.45) is 0 Å². The summed E-state index contributed by atoms with van der Waals surface area (Å²) in [6.07, 6.45) is 5.60. The summed E-state index contributed by atoms with van der Waals surface area (Å²) in [6, 6.07) is 6.10. The smallest absolute Gasteiger partial charge is 0.303 e. The Morgan fingerprint density at radius 1 is 1.26 bits per heavy atom. The molecule has 31 heavy (non-hydrogen) atoms. The number of carbonyl (C=O) groups is 1. The summed E-state index contributed by atoms with van der Waals surface area (Å²) < 4.78 is 7.52. The molecule has 0 bridgehead atoms. The lowest BCUT2D eigenvalue weighted by molar-refractivity contribution is -0.137. The first-order valence-corrected chi connectivity index (χ1v) is 11.1. The number of rotatable bonds is 8. The Balaban J connectivity index is 1.88. The molecule has 0 aliphatic carbocycles. The first-order valence-electron chi connectivity index (χ1n) is 10.7. The van der Waals surface area contributed by atoms with Gasteiger partial charge in [-0.1, -0.05) is 18.5 Å². The molecular weight excluding hydrogens is 416 g/mol. The predicted molar refractivity (Wildman–Crippen MR) is 119 cm³/mol. The quantitative estimate of drug-likeness (QED) is 0.570. The number of halogens is 1. The van der Waals surface area contributed by atoms with Crippen LogP contribution in [0.3, 0.4) is 0 Å². The summed E-state index contributed by atoms with van der Waals surface area (Å²) in [6.45, 7) is 5.95. The highest BCUT2D eigenvalue weighted by atomic mass is 35.5. The second-order valence-electron chi connectivity index (χ2n) is 7.80. The Labute approximate surface area is 186 Å². The van der Waals surface area contributed by atoms with Gasteiger partial charge in [-0.25, -0.2) is 4.52 Å². The topological polar surface area (TPSA) is 80.0 Å². The molecule has 164 valence electrons. The number of fused-ring (bicyclic) bond motifs is 1. The standard InChI is InChI=1S/C23H27ClN4O3/c1-2-18-6-7-21-23(16-12-17(24)14-25-13-16)19(4-3-5-22(29)30)20(26-28(18)21)15-27-8-10-31-11-9-27/h6-7,12-14H,2-5,8-11,15H2,1H3,(H,29,30). The second-order valence-corrected chi connectivity index (χ2v) is 8.24. The van der Waals surface area contributed by atoms with E-state index in [1.54, 1.807) is 6.20 Å². The Morgan fingerprint density at radius 3 is 2.77 bits per heavy atom. The molecule has 1 aliphatic rings. The summed E-state index contributed by atoms with van der Waals surface area (Å²) in [4.78, 5) is 17.8. The SMILES string of the molecule is CCc1ccc2c(-c3cncc(Cl)c3)c(CCCC(=O)O)c(CN3CCOCC3)nn12. The monoisotopic (exact) mass is 442 g/mol. The van der Waals surface area contributed by atoms with E-state index in [-0.39, 0.29) is 6.42 Å². The number of carboxylic acid groups (broad SMARTS) is 1. The maximum Gasteiger partial charge on any atom is 0.303 e. The normalized spacial score (nSPS) is 14.9. The zero-order valence-corrected chi connectivity index (χ0v) is 18.4. The number of aliphatic carboxylic acids is 1. The molecule has 1 aliphatic heterocycles. The third-order valence-corrected chi connectivity index (χ3v) is 5.92. The highest BCUT2D eigenvalue weighted by molar-refractivity contribution is 6.30. The van der Waals surface area contributed by atoms with Crippen molar-refractivity contribution >= 4 is 23.1 Å². The summed E-state index contributed by atoms with van der Waals surface area (Å²) in [5, 5.41) is 14.8. The van der Waals surface area contributed by atoms with Gasteiger partial charge in [-0.3, -0.25) is 14.7 Å². The van der Waals surface area contributed by atoms with Gasteiger partial charge in [0.05, 0.1) is 29.4 Å². The molecule has 4 heterocycles. The molecule has 0 radical (unpaired) electrons. The molecule has 1 saturated heterocycles. The van der Waals surface area contributed by atoms with Gasteiger partial charge < -0.3 is 9.84 Å². The number of hydrogen-bond acceptors (Lipinski definition) is 5. The van der Waals surface area contributed by atoms with Crippen LogP contribution in [0.4, 0.5) is 0 Å². The summed E-state index contributed by atoms with van der Waals surface area (Å²) in [5.41, 5.74) is 6.14. The largest absolute Gasteiger partial charge is 0.481 e. The van der Waals surface area contributed by atoms with E-state index in [9.17, 15) is 9.90 Å². The Hall–Kier alpha value is -2.48. The van der Waals surface area contributed by atoms with E-state index in [0.717, 1.165) is 53.1 Å². The van der Waals surface area contributed by atoms with Crippen LogP contribution < -0.4 is 0 Å². The van der Waals surface area contributed by atoms with Crippen LogP contribution in [0.5, 0.6) is 0 Å². The number of morpholine rings is 1. The number of aryl methyl sites for hydroxylation is 1. The van der Waals surface area contributed by atoms with Crippen LogP contribution in [0.1, 0.15) is 36.7 Å². The number of aromatic nitrogens is 3. The Kier molecular flexibility index (Phi) is 6.85. The summed E-state index contributed by atoms with van der Waals surface area (Å²) in [5.74, 6) is -0.786. The van der Waals surface area contributed by atoms with Crippen molar-refractivity contribution in [2.45, 2.75) is 39.2 Å². The van der Waals surface area contributed by atoms with Crippen LogP contribution in [-0.4, -0.2) is 56.9 Å². The van der Waals surface area contributed by atoms with Gasteiger partial charge in [0.15, 0.2) is 0 Å². The van der Waals surface area contributed by atoms with Crippen LogP contribution in [0.2, 0.25) is 5.02 Å². The second kappa shape index (κ2) is 9.77. The van der Waals surface area contributed by atoms with Crippen molar-refractivity contribution in [3.05, 3.63) is 52.6 Å². The minimum Gasteiger partial charge on any atom is -0.481 e. The van der Waals surface area contributed by atoms with E-state index in [1.165, 1.54) is 0 Å². The van der Waals surface area contributed by atoms with E-state index < -0.39 is 5.97 Å². The first-order chi connectivity index (χ1) is 15.1. The van der Waals surface area contributed by atoms with Crippen molar-refractivity contribution in [3.8, 4) is 11.1 Å². The summed E-state index contributed by atoms with van der Waals surface area (Å²) in [7, 11) is 0. The molecule has 0 atom stereocenters. The van der Waals surface area contributed by atoms with E-state index in [1.807, 2.05) is 16.8 Å². The third kappa shape index (κ3) is 4.89.